The number of likely N-dealkylation sites (N-methyl/N-ethyl adjacent to an activating group) is 2. The summed E-state index contributed by atoms with van der Waals surface area (Å²) in [7, 11) is 3.56. The van der Waals surface area contributed by atoms with Crippen LogP contribution in [0.5, 0.6) is 0 Å². The van der Waals surface area contributed by atoms with Crippen LogP contribution in [-0.2, 0) is 11.3 Å². The van der Waals surface area contributed by atoms with Gasteiger partial charge in [0.25, 0.3) is 5.56 Å². The summed E-state index contributed by atoms with van der Waals surface area (Å²) in [6.45, 7) is 1.42. The van der Waals surface area contributed by atoms with Gasteiger partial charge in [-0.2, -0.15) is 0 Å². The van der Waals surface area contributed by atoms with Gasteiger partial charge in [-0.3, -0.25) is 9.59 Å². The van der Waals surface area contributed by atoms with E-state index in [2.05, 4.69) is 21.2 Å². The average Bonchev–Trinajstić information content (AvgIpc) is 2.30. The van der Waals surface area contributed by atoms with Crippen molar-refractivity contribution in [1.29, 1.82) is 0 Å². The van der Waals surface area contributed by atoms with Crippen molar-refractivity contribution in [2.75, 3.05) is 27.2 Å². The van der Waals surface area contributed by atoms with Crippen molar-refractivity contribution >= 4 is 34.2 Å². The maximum atomic E-state index is 11.8. The van der Waals surface area contributed by atoms with Gasteiger partial charge in [0.2, 0.25) is 5.91 Å². The van der Waals surface area contributed by atoms with Gasteiger partial charge in [0.15, 0.2) is 0 Å². The van der Waals surface area contributed by atoms with E-state index in [1.807, 2.05) is 7.05 Å². The van der Waals surface area contributed by atoms with Crippen LogP contribution in [0.15, 0.2) is 27.6 Å². The number of halogens is 2. The summed E-state index contributed by atoms with van der Waals surface area (Å²) in [6, 6.07) is 3.10. The topological polar surface area (TPSA) is 54.3 Å². The predicted octanol–water partition coefficient (Wildman–Crippen LogP) is 0.710. The summed E-state index contributed by atoms with van der Waals surface area (Å²) in [6.07, 6.45) is 1.62. The number of nitrogens with one attached hydrogen (secondary N) is 1. The Kier molecular flexibility index (Phi) is 7.90. The number of carbonyl (C=O) groups excluding carboxylic acids is 1. The Morgan fingerprint density at radius 3 is 2.78 bits per heavy atom. The molecule has 5 nitrogen and oxygen atoms in total. The van der Waals surface area contributed by atoms with Crippen molar-refractivity contribution in [3.8, 4) is 0 Å². The number of rotatable bonds is 5. The summed E-state index contributed by atoms with van der Waals surface area (Å²) >= 11 is 3.27. The molecule has 0 aliphatic carbocycles. The summed E-state index contributed by atoms with van der Waals surface area (Å²) in [5.41, 5.74) is -0.177. The molecular formula is C11H17BrClN3O2. The van der Waals surface area contributed by atoms with Gasteiger partial charge in [-0.05, 0) is 29.0 Å². The maximum Gasteiger partial charge on any atom is 0.251 e. The molecule has 0 saturated carbocycles. The second kappa shape index (κ2) is 8.29. The van der Waals surface area contributed by atoms with Crippen LogP contribution in [0.1, 0.15) is 0 Å². The Labute approximate surface area is 121 Å². The minimum Gasteiger partial charge on any atom is -0.343 e. The van der Waals surface area contributed by atoms with E-state index < -0.39 is 0 Å². The Bertz CT molecular complexity index is 450. The Hall–Kier alpha value is -0.850. The number of nitrogens with zero attached hydrogens (tertiary/aromatic N) is 2. The molecule has 1 N–H and O–H groups in total. The molecule has 0 unspecified atom stereocenters. The monoisotopic (exact) mass is 337 g/mol. The highest BCUT2D eigenvalue weighted by atomic mass is 79.9. The van der Waals surface area contributed by atoms with Gasteiger partial charge in [-0.1, -0.05) is 0 Å². The van der Waals surface area contributed by atoms with Gasteiger partial charge in [0.05, 0.1) is 0 Å². The van der Waals surface area contributed by atoms with Crippen molar-refractivity contribution in [3.05, 3.63) is 33.2 Å². The third-order valence-corrected chi connectivity index (χ3v) is 2.85. The Balaban J connectivity index is 0.00000289. The highest BCUT2D eigenvalue weighted by molar-refractivity contribution is 9.10. The number of pyridine rings is 1. The van der Waals surface area contributed by atoms with Crippen LogP contribution in [0.2, 0.25) is 0 Å². The molecule has 0 aliphatic heterocycles. The van der Waals surface area contributed by atoms with Gasteiger partial charge < -0.3 is 14.8 Å². The van der Waals surface area contributed by atoms with Gasteiger partial charge in [0.1, 0.15) is 6.54 Å². The van der Waals surface area contributed by atoms with Crippen molar-refractivity contribution < 1.29 is 4.79 Å². The third-order valence-electron chi connectivity index (χ3n) is 2.38. The van der Waals surface area contributed by atoms with Crippen molar-refractivity contribution in [3.63, 3.8) is 0 Å². The van der Waals surface area contributed by atoms with Crippen LogP contribution in [0.4, 0.5) is 0 Å². The zero-order chi connectivity index (χ0) is 12.8. The quantitative estimate of drug-likeness (QED) is 0.860. The molecule has 0 aromatic carbocycles. The van der Waals surface area contributed by atoms with E-state index in [1.165, 1.54) is 10.6 Å². The molecule has 0 radical (unpaired) electrons. The van der Waals surface area contributed by atoms with Crippen molar-refractivity contribution in [2.24, 2.45) is 0 Å². The van der Waals surface area contributed by atoms with E-state index in [0.29, 0.717) is 6.54 Å². The summed E-state index contributed by atoms with van der Waals surface area (Å²) < 4.78 is 2.17. The minimum atomic E-state index is -0.177. The third kappa shape index (κ3) is 5.20. The predicted molar refractivity (Wildman–Crippen MR) is 77.2 cm³/mol. The van der Waals surface area contributed by atoms with Gasteiger partial charge >= 0.3 is 0 Å². The van der Waals surface area contributed by atoms with Gasteiger partial charge in [-0.15, -0.1) is 12.4 Å². The second-order valence-electron chi connectivity index (χ2n) is 3.73. The first-order valence-electron chi connectivity index (χ1n) is 5.29. The second-order valence-corrected chi connectivity index (χ2v) is 4.65. The standard InChI is InChI=1S/C11H16BrN3O2.ClH/c1-13-5-6-14(2)11(17)8-15-7-9(12)3-4-10(15)16;/h3-4,7,13H,5-6,8H2,1-2H3;1H. The van der Waals surface area contributed by atoms with Gasteiger partial charge in [-0.25, -0.2) is 0 Å². The minimum absolute atomic E-state index is 0. The van der Waals surface area contributed by atoms with E-state index in [-0.39, 0.29) is 30.4 Å². The molecule has 1 amide bonds. The summed E-state index contributed by atoms with van der Waals surface area (Å²) in [5, 5.41) is 2.97. The molecule has 102 valence electrons. The molecular weight excluding hydrogens is 321 g/mol. The molecule has 0 aliphatic rings. The molecule has 1 heterocycles. The fourth-order valence-electron chi connectivity index (χ4n) is 1.30. The number of amides is 1. The van der Waals surface area contributed by atoms with Crippen LogP contribution in [0.25, 0.3) is 0 Å². The lowest BCUT2D eigenvalue weighted by Gasteiger charge is -2.17. The zero-order valence-corrected chi connectivity index (χ0v) is 12.8. The van der Waals surface area contributed by atoms with E-state index in [4.69, 9.17) is 0 Å². The molecule has 18 heavy (non-hydrogen) atoms. The van der Waals surface area contributed by atoms with Crippen LogP contribution in [0.3, 0.4) is 0 Å². The van der Waals surface area contributed by atoms with Crippen molar-refractivity contribution in [1.82, 2.24) is 14.8 Å². The van der Waals surface area contributed by atoms with E-state index in [1.54, 1.807) is 24.2 Å². The first-order valence-corrected chi connectivity index (χ1v) is 6.08. The Morgan fingerprint density at radius 1 is 1.50 bits per heavy atom. The average molecular weight is 339 g/mol. The summed E-state index contributed by atoms with van der Waals surface area (Å²) in [5.74, 6) is -0.0829. The van der Waals surface area contributed by atoms with E-state index in [9.17, 15) is 9.59 Å². The van der Waals surface area contributed by atoms with Crippen molar-refractivity contribution in [2.45, 2.75) is 6.54 Å². The van der Waals surface area contributed by atoms with E-state index in [0.717, 1.165) is 11.0 Å². The largest absolute Gasteiger partial charge is 0.343 e. The van der Waals surface area contributed by atoms with Gasteiger partial charge in [0, 0.05) is 36.9 Å². The molecule has 0 atom stereocenters. The smallest absolute Gasteiger partial charge is 0.251 e. The number of hydrogen-bond donors (Lipinski definition) is 1. The zero-order valence-electron chi connectivity index (χ0n) is 10.4. The molecule has 1 rings (SSSR count). The fraction of sp³-hybridized carbons (Fsp3) is 0.455. The lowest BCUT2D eigenvalue weighted by molar-refractivity contribution is -0.130. The molecule has 0 fully saturated rings. The molecule has 7 heteroatoms. The van der Waals surface area contributed by atoms with Crippen LogP contribution in [-0.4, -0.2) is 42.6 Å². The van der Waals surface area contributed by atoms with Crippen LogP contribution in [0, 0.1) is 0 Å². The lowest BCUT2D eigenvalue weighted by atomic mass is 10.4. The normalized spacial score (nSPS) is 9.72. The first kappa shape index (κ1) is 17.2. The van der Waals surface area contributed by atoms with E-state index >= 15 is 0 Å². The molecule has 0 bridgehead atoms. The maximum absolute atomic E-state index is 11.8. The number of carbonyl (C=O) groups is 1. The SMILES string of the molecule is CNCCN(C)C(=O)Cn1cc(Br)ccc1=O.Cl. The molecule has 0 spiro atoms. The van der Waals surface area contributed by atoms with Crippen LogP contribution >= 0.6 is 28.3 Å². The molecule has 1 aromatic heterocycles. The molecule has 0 saturated heterocycles. The molecule has 1 aromatic rings. The highest BCUT2D eigenvalue weighted by Crippen LogP contribution is 2.04. The number of hydrogen-bond acceptors (Lipinski definition) is 3. The summed E-state index contributed by atoms with van der Waals surface area (Å²) in [4.78, 5) is 24.9. The van der Waals surface area contributed by atoms with Crippen LogP contribution < -0.4 is 10.9 Å². The highest BCUT2D eigenvalue weighted by Gasteiger charge is 2.09. The Morgan fingerprint density at radius 2 is 2.17 bits per heavy atom. The lowest BCUT2D eigenvalue weighted by Crippen LogP contribution is -2.37. The fourth-order valence-corrected chi connectivity index (χ4v) is 1.68. The number of aromatic nitrogens is 1. The first-order chi connectivity index (χ1) is 8.04.